The summed E-state index contributed by atoms with van der Waals surface area (Å²) in [7, 11) is 3.97. The number of hydrogen-bond acceptors (Lipinski definition) is 3. The van der Waals surface area contributed by atoms with Gasteiger partial charge in [-0.2, -0.15) is 0 Å². The van der Waals surface area contributed by atoms with Gasteiger partial charge in [-0.05, 0) is 38.7 Å². The molecule has 0 aliphatic heterocycles. The molecule has 0 bridgehead atoms. The first-order valence-electron chi connectivity index (χ1n) is 8.52. The van der Waals surface area contributed by atoms with E-state index in [1.54, 1.807) is 17.2 Å². The van der Waals surface area contributed by atoms with E-state index >= 15 is 0 Å². The monoisotopic (exact) mass is 397 g/mol. The molecule has 0 saturated heterocycles. The molecule has 26 heavy (non-hydrogen) atoms. The van der Waals surface area contributed by atoms with Crippen LogP contribution in [-0.4, -0.2) is 59.1 Å². The molecule has 1 heterocycles. The van der Waals surface area contributed by atoms with Gasteiger partial charge in [0.05, 0.1) is 16.6 Å². The van der Waals surface area contributed by atoms with E-state index in [0.717, 1.165) is 17.9 Å². The molecule has 1 aromatic carbocycles. The summed E-state index contributed by atoms with van der Waals surface area (Å²) in [6.45, 7) is 4.96. The summed E-state index contributed by atoms with van der Waals surface area (Å²) < 4.78 is 2.02. The van der Waals surface area contributed by atoms with Crippen LogP contribution in [0.15, 0.2) is 30.6 Å². The van der Waals surface area contributed by atoms with Crippen LogP contribution in [0.3, 0.4) is 0 Å². The van der Waals surface area contributed by atoms with Crippen molar-refractivity contribution in [1.82, 2.24) is 24.7 Å². The van der Waals surface area contributed by atoms with E-state index in [1.165, 1.54) is 0 Å². The molecule has 0 unspecified atom stereocenters. The largest absolute Gasteiger partial charge is 0.338 e. The quantitative estimate of drug-likeness (QED) is 0.742. The Kier molecular flexibility index (Phi) is 7.75. The Morgan fingerprint density at radius 2 is 2.00 bits per heavy atom. The van der Waals surface area contributed by atoms with Crippen LogP contribution in [0.5, 0.6) is 0 Å². The van der Waals surface area contributed by atoms with Crippen molar-refractivity contribution in [1.29, 1.82) is 0 Å². The third-order valence-electron chi connectivity index (χ3n) is 3.90. The van der Waals surface area contributed by atoms with Crippen molar-refractivity contribution in [3.05, 3.63) is 52.0 Å². The predicted molar refractivity (Wildman–Crippen MR) is 106 cm³/mol. The maximum Gasteiger partial charge on any atom is 0.317 e. The Morgan fingerprint density at radius 3 is 2.65 bits per heavy atom. The molecule has 1 N–H and O–H groups in total. The van der Waals surface area contributed by atoms with Gasteiger partial charge in [0.25, 0.3) is 0 Å². The van der Waals surface area contributed by atoms with Crippen molar-refractivity contribution in [2.24, 2.45) is 0 Å². The van der Waals surface area contributed by atoms with E-state index in [0.29, 0.717) is 36.2 Å². The first kappa shape index (κ1) is 20.6. The third-order valence-corrected chi connectivity index (χ3v) is 4.64. The van der Waals surface area contributed by atoms with Crippen LogP contribution >= 0.6 is 23.2 Å². The molecule has 142 valence electrons. The van der Waals surface area contributed by atoms with Crippen LogP contribution in [0, 0.1) is 0 Å². The number of urea groups is 1. The Bertz CT molecular complexity index is 732. The summed E-state index contributed by atoms with van der Waals surface area (Å²) in [6.07, 6.45) is 3.65. The molecule has 0 radical (unpaired) electrons. The highest BCUT2D eigenvalue weighted by Gasteiger charge is 2.16. The Labute approximate surface area is 164 Å². The summed E-state index contributed by atoms with van der Waals surface area (Å²) in [4.78, 5) is 20.6. The summed E-state index contributed by atoms with van der Waals surface area (Å²) in [5.41, 5.74) is 1.02. The number of nitrogens with zero attached hydrogens (tertiary/aromatic N) is 4. The van der Waals surface area contributed by atoms with Gasteiger partial charge in [-0.15, -0.1) is 0 Å². The smallest absolute Gasteiger partial charge is 0.317 e. The van der Waals surface area contributed by atoms with Crippen molar-refractivity contribution in [2.45, 2.75) is 20.0 Å². The van der Waals surface area contributed by atoms with E-state index in [-0.39, 0.29) is 6.03 Å². The lowest BCUT2D eigenvalue weighted by Crippen LogP contribution is -2.43. The maximum atomic E-state index is 12.4. The van der Waals surface area contributed by atoms with Crippen LogP contribution in [0.1, 0.15) is 18.3 Å². The second-order valence-corrected chi connectivity index (χ2v) is 7.09. The molecular weight excluding hydrogens is 373 g/mol. The number of amides is 2. The zero-order chi connectivity index (χ0) is 19.1. The summed E-state index contributed by atoms with van der Waals surface area (Å²) in [5.74, 6) is 0.820. The zero-order valence-corrected chi connectivity index (χ0v) is 16.9. The molecule has 0 aliphatic rings. The van der Waals surface area contributed by atoms with E-state index in [4.69, 9.17) is 23.2 Å². The number of carbonyl (C=O) groups is 1. The lowest BCUT2D eigenvalue weighted by atomic mass is 10.2. The van der Waals surface area contributed by atoms with Crippen molar-refractivity contribution < 1.29 is 4.79 Å². The Balaban J connectivity index is 2.12. The molecule has 6 nitrogen and oxygen atoms in total. The molecule has 2 aromatic rings. The van der Waals surface area contributed by atoms with Crippen LogP contribution in [-0.2, 0) is 13.1 Å². The van der Waals surface area contributed by atoms with Crippen molar-refractivity contribution in [3.63, 3.8) is 0 Å². The zero-order valence-electron chi connectivity index (χ0n) is 15.4. The van der Waals surface area contributed by atoms with Gasteiger partial charge in [0.15, 0.2) is 0 Å². The van der Waals surface area contributed by atoms with Gasteiger partial charge in [-0.25, -0.2) is 9.78 Å². The first-order chi connectivity index (χ1) is 12.4. The van der Waals surface area contributed by atoms with Crippen molar-refractivity contribution in [3.8, 4) is 0 Å². The lowest BCUT2D eigenvalue weighted by Gasteiger charge is -2.24. The summed E-state index contributed by atoms with van der Waals surface area (Å²) in [5, 5.41) is 3.93. The molecule has 1 aromatic heterocycles. The van der Waals surface area contributed by atoms with Gasteiger partial charge in [-0.1, -0.05) is 29.3 Å². The first-order valence-corrected chi connectivity index (χ1v) is 9.27. The number of aromatic nitrogens is 2. The van der Waals surface area contributed by atoms with Gasteiger partial charge in [0.1, 0.15) is 5.82 Å². The van der Waals surface area contributed by atoms with Gasteiger partial charge >= 0.3 is 6.03 Å². The molecular formula is C18H25Cl2N5O. The fourth-order valence-corrected chi connectivity index (χ4v) is 2.80. The third kappa shape index (κ3) is 5.90. The fourth-order valence-electron chi connectivity index (χ4n) is 2.48. The standard InChI is InChI=1S/C18H25Cl2N5O/c1-4-21-18(26)25(10-9-23(2)3)13-17-22-7-8-24(17)12-14-5-6-15(19)16(20)11-14/h5-8,11H,4,9-10,12-13H2,1-3H3,(H,21,26). The average Bonchev–Trinajstić information content (AvgIpc) is 3.01. The Morgan fingerprint density at radius 1 is 1.23 bits per heavy atom. The minimum absolute atomic E-state index is 0.0848. The molecule has 0 fully saturated rings. The minimum atomic E-state index is -0.0848. The fraction of sp³-hybridized carbons (Fsp3) is 0.444. The second-order valence-electron chi connectivity index (χ2n) is 6.28. The van der Waals surface area contributed by atoms with Crippen molar-refractivity contribution >= 4 is 29.2 Å². The number of benzene rings is 1. The molecule has 0 spiro atoms. The van der Waals surface area contributed by atoms with E-state index in [2.05, 4.69) is 15.2 Å². The van der Waals surface area contributed by atoms with E-state index < -0.39 is 0 Å². The van der Waals surface area contributed by atoms with E-state index in [1.807, 2.05) is 43.9 Å². The highest BCUT2D eigenvalue weighted by atomic mass is 35.5. The SMILES string of the molecule is CCNC(=O)N(CCN(C)C)Cc1nccn1Cc1ccc(Cl)c(Cl)c1. The highest BCUT2D eigenvalue weighted by molar-refractivity contribution is 6.42. The molecule has 8 heteroatoms. The predicted octanol–water partition coefficient (Wildman–Crippen LogP) is 3.33. The average molecular weight is 398 g/mol. The molecule has 2 amide bonds. The summed E-state index contributed by atoms with van der Waals surface area (Å²) in [6, 6.07) is 5.49. The topological polar surface area (TPSA) is 53.4 Å². The number of imidazole rings is 1. The molecule has 0 aliphatic carbocycles. The van der Waals surface area contributed by atoms with E-state index in [9.17, 15) is 4.79 Å². The lowest BCUT2D eigenvalue weighted by molar-refractivity contribution is 0.187. The highest BCUT2D eigenvalue weighted by Crippen LogP contribution is 2.23. The second kappa shape index (κ2) is 9.80. The van der Waals surface area contributed by atoms with Gasteiger partial charge in [0.2, 0.25) is 0 Å². The molecule has 2 rings (SSSR count). The number of likely N-dealkylation sites (N-methyl/N-ethyl adjacent to an activating group) is 1. The van der Waals surface area contributed by atoms with Crippen LogP contribution < -0.4 is 5.32 Å². The number of nitrogens with one attached hydrogen (secondary N) is 1. The number of rotatable bonds is 8. The summed E-state index contributed by atoms with van der Waals surface area (Å²) >= 11 is 12.1. The number of halogens is 2. The normalized spacial score (nSPS) is 11.0. The van der Waals surface area contributed by atoms with Gasteiger partial charge in [-0.3, -0.25) is 0 Å². The van der Waals surface area contributed by atoms with Crippen LogP contribution in [0.4, 0.5) is 4.79 Å². The minimum Gasteiger partial charge on any atom is -0.338 e. The number of hydrogen-bond donors (Lipinski definition) is 1. The molecule has 0 atom stereocenters. The maximum absolute atomic E-state index is 12.4. The van der Waals surface area contributed by atoms with Gasteiger partial charge in [0, 0.05) is 38.6 Å². The van der Waals surface area contributed by atoms with Gasteiger partial charge < -0.3 is 19.7 Å². The van der Waals surface area contributed by atoms with Crippen LogP contribution in [0.2, 0.25) is 10.0 Å². The molecule has 0 saturated carbocycles. The van der Waals surface area contributed by atoms with Crippen LogP contribution in [0.25, 0.3) is 0 Å². The number of carbonyl (C=O) groups excluding carboxylic acids is 1. The van der Waals surface area contributed by atoms with Crippen molar-refractivity contribution in [2.75, 3.05) is 33.7 Å². The Hall–Kier alpha value is -1.76.